The van der Waals surface area contributed by atoms with Gasteiger partial charge < -0.3 is 18.9 Å². The molecule has 0 N–H and O–H groups in total. The van der Waals surface area contributed by atoms with Crippen molar-refractivity contribution in [3.05, 3.63) is 41.5 Å². The number of carbonyl (C=O) groups is 2. The van der Waals surface area contributed by atoms with Crippen LogP contribution in [0.5, 0.6) is 0 Å². The summed E-state index contributed by atoms with van der Waals surface area (Å²) in [7, 11) is 0. The van der Waals surface area contributed by atoms with E-state index in [2.05, 4.69) is 10.1 Å². The minimum Gasteiger partial charge on any atom is -0.452 e. The number of esters is 1. The van der Waals surface area contributed by atoms with E-state index in [1.165, 1.54) is 11.8 Å². The van der Waals surface area contributed by atoms with Crippen LogP contribution in [0.15, 0.2) is 33.7 Å². The molecular formula is C18H21N3O5S. The molecule has 2 heterocycles. The summed E-state index contributed by atoms with van der Waals surface area (Å²) in [5, 5.41) is 3.74. The molecule has 1 aromatic heterocycles. The third kappa shape index (κ3) is 5.30. The minimum atomic E-state index is -0.533. The maximum Gasteiger partial charge on any atom is 0.339 e. The Bertz CT molecular complexity index is 810. The van der Waals surface area contributed by atoms with Gasteiger partial charge in [-0.25, -0.2) is 4.79 Å². The maximum atomic E-state index is 12.5. The summed E-state index contributed by atoms with van der Waals surface area (Å²) < 4.78 is 15.7. The lowest BCUT2D eigenvalue weighted by Gasteiger charge is -2.30. The fourth-order valence-electron chi connectivity index (χ4n) is 2.64. The van der Waals surface area contributed by atoms with Crippen LogP contribution in [-0.2, 0) is 20.0 Å². The van der Waals surface area contributed by atoms with E-state index in [1.807, 2.05) is 19.1 Å². The van der Waals surface area contributed by atoms with Gasteiger partial charge in [-0.3, -0.25) is 4.79 Å². The van der Waals surface area contributed by atoms with Gasteiger partial charge in [-0.2, -0.15) is 4.98 Å². The summed E-state index contributed by atoms with van der Waals surface area (Å²) in [6.45, 7) is 4.88. The molecule has 1 aliphatic heterocycles. The van der Waals surface area contributed by atoms with Crippen molar-refractivity contribution in [2.45, 2.75) is 30.6 Å². The van der Waals surface area contributed by atoms with Crippen molar-refractivity contribution in [3.63, 3.8) is 0 Å². The predicted octanol–water partition coefficient (Wildman–Crippen LogP) is 2.07. The standard InChI is InChI=1S/C18H21N3O5S/c1-12-9-21(7-8-24-12)17(22)10-25-18(23)14-5-3-4-6-15(14)27-11-16-19-13(2)20-26-16/h3-6,12H,7-11H2,1-2H3. The highest BCUT2D eigenvalue weighted by atomic mass is 32.2. The summed E-state index contributed by atoms with van der Waals surface area (Å²) >= 11 is 1.40. The van der Waals surface area contributed by atoms with Crippen LogP contribution in [-0.4, -0.2) is 59.3 Å². The Balaban J connectivity index is 1.57. The zero-order chi connectivity index (χ0) is 19.2. The molecule has 0 bridgehead atoms. The summed E-state index contributed by atoms with van der Waals surface area (Å²) in [6.07, 6.45) is -0.0103. The van der Waals surface area contributed by atoms with Crippen molar-refractivity contribution in [2.75, 3.05) is 26.3 Å². The van der Waals surface area contributed by atoms with Gasteiger partial charge >= 0.3 is 5.97 Å². The number of aromatic nitrogens is 2. The number of thioether (sulfide) groups is 1. The van der Waals surface area contributed by atoms with E-state index in [0.29, 0.717) is 42.7 Å². The molecule has 1 aromatic carbocycles. The van der Waals surface area contributed by atoms with Gasteiger partial charge in [-0.15, -0.1) is 11.8 Å². The van der Waals surface area contributed by atoms with Crippen molar-refractivity contribution < 1.29 is 23.6 Å². The Morgan fingerprint density at radius 1 is 1.37 bits per heavy atom. The molecule has 8 nitrogen and oxygen atoms in total. The third-order valence-corrected chi connectivity index (χ3v) is 5.01. The summed E-state index contributed by atoms with van der Waals surface area (Å²) in [5.41, 5.74) is 0.405. The molecule has 1 unspecified atom stereocenters. The average molecular weight is 391 g/mol. The fraction of sp³-hybridized carbons (Fsp3) is 0.444. The lowest BCUT2D eigenvalue weighted by molar-refractivity contribution is -0.141. The van der Waals surface area contributed by atoms with Crippen LogP contribution in [0, 0.1) is 6.92 Å². The van der Waals surface area contributed by atoms with E-state index in [4.69, 9.17) is 14.0 Å². The molecule has 0 spiro atoms. The normalized spacial score (nSPS) is 17.0. The Morgan fingerprint density at radius 3 is 2.93 bits per heavy atom. The van der Waals surface area contributed by atoms with Crippen LogP contribution in [0.3, 0.4) is 0 Å². The molecule has 27 heavy (non-hydrogen) atoms. The number of amides is 1. The number of hydrogen-bond donors (Lipinski definition) is 0. The van der Waals surface area contributed by atoms with Crippen LogP contribution >= 0.6 is 11.8 Å². The molecule has 0 saturated carbocycles. The minimum absolute atomic E-state index is 0.0103. The van der Waals surface area contributed by atoms with E-state index in [9.17, 15) is 9.59 Å². The summed E-state index contributed by atoms with van der Waals surface area (Å²) in [6, 6.07) is 7.07. The highest BCUT2D eigenvalue weighted by Crippen LogP contribution is 2.26. The fourth-order valence-corrected chi connectivity index (χ4v) is 3.52. The molecule has 1 atom stereocenters. The molecule has 1 amide bonds. The van der Waals surface area contributed by atoms with Crippen molar-refractivity contribution in [1.82, 2.24) is 15.0 Å². The Hall–Kier alpha value is -2.39. The van der Waals surface area contributed by atoms with E-state index in [1.54, 1.807) is 24.0 Å². The largest absolute Gasteiger partial charge is 0.452 e. The number of carbonyl (C=O) groups excluding carboxylic acids is 2. The maximum absolute atomic E-state index is 12.5. The molecule has 1 saturated heterocycles. The van der Waals surface area contributed by atoms with Gasteiger partial charge in [0, 0.05) is 18.0 Å². The number of morpholine rings is 1. The second-order valence-electron chi connectivity index (χ2n) is 6.12. The number of hydrogen-bond acceptors (Lipinski definition) is 8. The highest BCUT2D eigenvalue weighted by Gasteiger charge is 2.23. The zero-order valence-electron chi connectivity index (χ0n) is 15.2. The first-order valence-corrected chi connectivity index (χ1v) is 9.59. The van der Waals surface area contributed by atoms with Gasteiger partial charge in [-0.05, 0) is 26.0 Å². The Kier molecular flexibility index (Phi) is 6.46. The smallest absolute Gasteiger partial charge is 0.339 e. The van der Waals surface area contributed by atoms with Crippen molar-refractivity contribution in [1.29, 1.82) is 0 Å². The SMILES string of the molecule is Cc1noc(CSc2ccccc2C(=O)OCC(=O)N2CCOC(C)C2)n1. The summed E-state index contributed by atoms with van der Waals surface area (Å²) in [4.78, 5) is 31.2. The van der Waals surface area contributed by atoms with E-state index in [-0.39, 0.29) is 18.6 Å². The van der Waals surface area contributed by atoms with Crippen molar-refractivity contribution >= 4 is 23.6 Å². The molecule has 9 heteroatoms. The van der Waals surface area contributed by atoms with Crippen LogP contribution < -0.4 is 0 Å². The predicted molar refractivity (Wildman–Crippen MR) is 97.3 cm³/mol. The van der Waals surface area contributed by atoms with E-state index < -0.39 is 5.97 Å². The molecule has 0 radical (unpaired) electrons. The van der Waals surface area contributed by atoms with Crippen LogP contribution in [0.25, 0.3) is 0 Å². The molecule has 3 rings (SSSR count). The number of benzene rings is 1. The zero-order valence-corrected chi connectivity index (χ0v) is 16.0. The van der Waals surface area contributed by atoms with Gasteiger partial charge in [0.1, 0.15) is 0 Å². The van der Waals surface area contributed by atoms with Gasteiger partial charge in [-0.1, -0.05) is 17.3 Å². The first kappa shape index (κ1) is 19.4. The van der Waals surface area contributed by atoms with E-state index >= 15 is 0 Å². The second kappa shape index (κ2) is 9.01. The average Bonchev–Trinajstić information content (AvgIpc) is 3.09. The molecule has 1 fully saturated rings. The van der Waals surface area contributed by atoms with E-state index in [0.717, 1.165) is 4.90 Å². The number of aryl methyl sites for hydroxylation is 1. The quantitative estimate of drug-likeness (QED) is 0.546. The van der Waals surface area contributed by atoms with Crippen LogP contribution in [0.2, 0.25) is 0 Å². The van der Waals surface area contributed by atoms with Crippen molar-refractivity contribution in [2.24, 2.45) is 0 Å². The van der Waals surface area contributed by atoms with Gasteiger partial charge in [0.05, 0.1) is 24.0 Å². The Labute approximate surface area is 161 Å². The first-order chi connectivity index (χ1) is 13.0. The lowest BCUT2D eigenvalue weighted by atomic mass is 10.2. The number of nitrogens with zero attached hydrogens (tertiary/aromatic N) is 3. The molecule has 144 valence electrons. The lowest BCUT2D eigenvalue weighted by Crippen LogP contribution is -2.46. The molecule has 0 aliphatic carbocycles. The second-order valence-corrected chi connectivity index (χ2v) is 7.13. The number of rotatable bonds is 6. The van der Waals surface area contributed by atoms with Gasteiger partial charge in [0.2, 0.25) is 5.89 Å². The number of ether oxygens (including phenoxy) is 2. The van der Waals surface area contributed by atoms with Crippen LogP contribution in [0.4, 0.5) is 0 Å². The molecule has 1 aliphatic rings. The topological polar surface area (TPSA) is 94.8 Å². The third-order valence-electron chi connectivity index (χ3n) is 3.95. The van der Waals surface area contributed by atoms with Gasteiger partial charge in [0.15, 0.2) is 12.4 Å². The summed E-state index contributed by atoms with van der Waals surface area (Å²) in [5.74, 6) is 0.737. The van der Waals surface area contributed by atoms with Crippen LogP contribution in [0.1, 0.15) is 29.0 Å². The van der Waals surface area contributed by atoms with Crippen molar-refractivity contribution in [3.8, 4) is 0 Å². The van der Waals surface area contributed by atoms with Gasteiger partial charge in [0.25, 0.3) is 5.91 Å². The highest BCUT2D eigenvalue weighted by molar-refractivity contribution is 7.98. The Morgan fingerprint density at radius 2 is 2.19 bits per heavy atom. The molecule has 2 aromatic rings. The first-order valence-electron chi connectivity index (χ1n) is 8.60. The molecular weight excluding hydrogens is 370 g/mol. The monoisotopic (exact) mass is 391 g/mol.